The molecule has 23 heavy (non-hydrogen) atoms. The summed E-state index contributed by atoms with van der Waals surface area (Å²) in [5, 5.41) is 3.06. The van der Waals surface area contributed by atoms with Gasteiger partial charge in [0.1, 0.15) is 0 Å². The number of amides is 1. The number of thioether (sulfide) groups is 1. The van der Waals surface area contributed by atoms with Crippen molar-refractivity contribution in [2.75, 3.05) is 18.1 Å². The molecular weight excluding hydrogens is 304 g/mol. The molecule has 3 nitrogen and oxygen atoms in total. The van der Waals surface area contributed by atoms with E-state index in [0.29, 0.717) is 0 Å². The van der Waals surface area contributed by atoms with Crippen molar-refractivity contribution in [1.29, 1.82) is 0 Å². The molecule has 1 atom stereocenters. The number of rotatable bonds is 5. The van der Waals surface area contributed by atoms with Crippen molar-refractivity contribution in [2.24, 2.45) is 0 Å². The highest BCUT2D eigenvalue weighted by molar-refractivity contribution is 7.98. The van der Waals surface area contributed by atoms with Gasteiger partial charge in [0, 0.05) is 17.1 Å². The van der Waals surface area contributed by atoms with Crippen molar-refractivity contribution in [1.82, 2.24) is 4.90 Å². The van der Waals surface area contributed by atoms with Crippen molar-refractivity contribution >= 4 is 23.4 Å². The molecule has 1 aliphatic rings. The minimum atomic E-state index is -0.0320. The fraction of sp³-hybridized carbons (Fsp3) is 0.316. The Hall–Kier alpha value is -1.78. The largest absolute Gasteiger partial charge is 0.325 e. The molecule has 1 amide bonds. The quantitative estimate of drug-likeness (QED) is 0.843. The van der Waals surface area contributed by atoms with Gasteiger partial charge in [0.2, 0.25) is 5.91 Å². The average molecular weight is 326 g/mol. The van der Waals surface area contributed by atoms with Gasteiger partial charge in [0.15, 0.2) is 0 Å². The van der Waals surface area contributed by atoms with Crippen LogP contribution in [0.25, 0.3) is 0 Å². The van der Waals surface area contributed by atoms with Gasteiger partial charge in [-0.2, -0.15) is 0 Å². The number of carbonyl (C=O) groups excluding carboxylic acids is 1. The summed E-state index contributed by atoms with van der Waals surface area (Å²) in [6, 6.07) is 18.4. The zero-order valence-electron chi connectivity index (χ0n) is 13.4. The Morgan fingerprint density at radius 1 is 1.17 bits per heavy atom. The lowest BCUT2D eigenvalue weighted by Gasteiger charge is -2.23. The average Bonchev–Trinajstić information content (AvgIpc) is 3.05. The molecule has 0 radical (unpaired) electrons. The van der Waals surface area contributed by atoms with E-state index in [2.05, 4.69) is 22.3 Å². The zero-order chi connectivity index (χ0) is 16.1. The first-order chi connectivity index (χ1) is 11.3. The van der Waals surface area contributed by atoms with Crippen LogP contribution in [0.2, 0.25) is 0 Å². The van der Waals surface area contributed by atoms with E-state index in [1.165, 1.54) is 10.5 Å². The van der Waals surface area contributed by atoms with Crippen molar-refractivity contribution in [3.8, 4) is 0 Å². The topological polar surface area (TPSA) is 32.3 Å². The van der Waals surface area contributed by atoms with E-state index in [4.69, 9.17) is 0 Å². The van der Waals surface area contributed by atoms with Crippen molar-refractivity contribution in [3.63, 3.8) is 0 Å². The van der Waals surface area contributed by atoms with Crippen LogP contribution in [-0.2, 0) is 11.3 Å². The van der Waals surface area contributed by atoms with Gasteiger partial charge in [-0.25, -0.2) is 0 Å². The summed E-state index contributed by atoms with van der Waals surface area (Å²) >= 11 is 1.70. The van der Waals surface area contributed by atoms with Crippen LogP contribution in [0.3, 0.4) is 0 Å². The molecule has 1 aliphatic heterocycles. The smallest absolute Gasteiger partial charge is 0.241 e. The van der Waals surface area contributed by atoms with Gasteiger partial charge in [-0.1, -0.05) is 30.3 Å². The van der Waals surface area contributed by atoms with Gasteiger partial charge >= 0.3 is 0 Å². The maximum Gasteiger partial charge on any atom is 0.241 e. The van der Waals surface area contributed by atoms with Crippen LogP contribution in [0.5, 0.6) is 0 Å². The molecule has 0 aromatic heterocycles. The van der Waals surface area contributed by atoms with Gasteiger partial charge in [-0.15, -0.1) is 11.8 Å². The fourth-order valence-corrected chi connectivity index (χ4v) is 3.44. The molecule has 0 aliphatic carbocycles. The number of hydrogen-bond donors (Lipinski definition) is 1. The Labute approximate surface area is 142 Å². The highest BCUT2D eigenvalue weighted by Crippen LogP contribution is 2.22. The first kappa shape index (κ1) is 16.1. The highest BCUT2D eigenvalue weighted by atomic mass is 32.2. The summed E-state index contributed by atoms with van der Waals surface area (Å²) in [6.07, 6.45) is 4.06. The first-order valence-electron chi connectivity index (χ1n) is 7.99. The van der Waals surface area contributed by atoms with E-state index in [1.807, 2.05) is 48.7 Å². The molecule has 2 aromatic rings. The van der Waals surface area contributed by atoms with E-state index in [1.54, 1.807) is 11.8 Å². The Morgan fingerprint density at radius 2 is 1.91 bits per heavy atom. The van der Waals surface area contributed by atoms with E-state index in [0.717, 1.165) is 31.6 Å². The Balaban J connectivity index is 1.63. The lowest BCUT2D eigenvalue weighted by Crippen LogP contribution is -2.39. The molecule has 1 saturated heterocycles. The number of hydrogen-bond acceptors (Lipinski definition) is 3. The number of anilines is 1. The third-order valence-electron chi connectivity index (χ3n) is 4.25. The van der Waals surface area contributed by atoms with Crippen LogP contribution in [0.15, 0.2) is 59.5 Å². The summed E-state index contributed by atoms with van der Waals surface area (Å²) in [7, 11) is 0. The van der Waals surface area contributed by atoms with Crippen LogP contribution in [0, 0.1) is 0 Å². The number of benzene rings is 2. The zero-order valence-corrected chi connectivity index (χ0v) is 14.2. The van der Waals surface area contributed by atoms with Crippen molar-refractivity contribution in [3.05, 3.63) is 60.2 Å². The van der Waals surface area contributed by atoms with Crippen LogP contribution in [-0.4, -0.2) is 29.6 Å². The minimum Gasteiger partial charge on any atom is -0.325 e. The predicted octanol–water partition coefficient (Wildman–Crippen LogP) is 4.01. The van der Waals surface area contributed by atoms with E-state index >= 15 is 0 Å². The monoisotopic (exact) mass is 326 g/mol. The maximum atomic E-state index is 12.6. The summed E-state index contributed by atoms with van der Waals surface area (Å²) < 4.78 is 0. The van der Waals surface area contributed by atoms with Gasteiger partial charge in [-0.3, -0.25) is 9.69 Å². The van der Waals surface area contributed by atoms with Crippen LogP contribution in [0.4, 0.5) is 5.69 Å². The second-order valence-corrected chi connectivity index (χ2v) is 6.71. The Kier molecular flexibility index (Phi) is 5.36. The van der Waals surface area contributed by atoms with E-state index < -0.39 is 0 Å². The molecule has 1 unspecified atom stereocenters. The standard InChI is InChI=1S/C19H22N2OS/c1-23-17-11-9-16(10-12-17)20-19(22)18-8-5-13-21(18)14-15-6-3-2-4-7-15/h2-4,6-7,9-12,18H,5,8,13-14H2,1H3,(H,20,22). The highest BCUT2D eigenvalue weighted by Gasteiger charge is 2.30. The molecule has 2 aromatic carbocycles. The lowest BCUT2D eigenvalue weighted by molar-refractivity contribution is -0.120. The molecular formula is C19H22N2OS. The minimum absolute atomic E-state index is 0.0320. The van der Waals surface area contributed by atoms with E-state index in [9.17, 15) is 4.79 Å². The number of nitrogens with zero attached hydrogens (tertiary/aromatic N) is 1. The first-order valence-corrected chi connectivity index (χ1v) is 9.21. The van der Waals surface area contributed by atoms with Gasteiger partial charge in [-0.05, 0) is 55.5 Å². The molecule has 4 heteroatoms. The normalized spacial score (nSPS) is 18.0. The van der Waals surface area contributed by atoms with Gasteiger partial charge < -0.3 is 5.32 Å². The predicted molar refractivity (Wildman–Crippen MR) is 96.7 cm³/mol. The lowest BCUT2D eigenvalue weighted by atomic mass is 10.1. The SMILES string of the molecule is CSc1ccc(NC(=O)C2CCCN2Cc2ccccc2)cc1. The van der Waals surface area contributed by atoms with Crippen molar-refractivity contribution < 1.29 is 4.79 Å². The number of likely N-dealkylation sites (tertiary alicyclic amines) is 1. The van der Waals surface area contributed by atoms with Crippen LogP contribution < -0.4 is 5.32 Å². The summed E-state index contributed by atoms with van der Waals surface area (Å²) in [4.78, 5) is 16.1. The molecule has 0 saturated carbocycles. The Bertz CT molecular complexity index is 642. The van der Waals surface area contributed by atoms with Crippen LogP contribution >= 0.6 is 11.8 Å². The van der Waals surface area contributed by atoms with Crippen LogP contribution in [0.1, 0.15) is 18.4 Å². The maximum absolute atomic E-state index is 12.6. The third kappa shape index (κ3) is 4.15. The molecule has 3 rings (SSSR count). The number of carbonyl (C=O) groups is 1. The number of nitrogens with one attached hydrogen (secondary N) is 1. The summed E-state index contributed by atoms with van der Waals surface area (Å²) in [5.41, 5.74) is 2.14. The van der Waals surface area contributed by atoms with Crippen molar-refractivity contribution in [2.45, 2.75) is 30.3 Å². The summed E-state index contributed by atoms with van der Waals surface area (Å²) in [6.45, 7) is 1.82. The third-order valence-corrected chi connectivity index (χ3v) is 5.00. The molecule has 1 fully saturated rings. The Morgan fingerprint density at radius 3 is 2.61 bits per heavy atom. The van der Waals surface area contributed by atoms with Gasteiger partial charge in [0.05, 0.1) is 6.04 Å². The second-order valence-electron chi connectivity index (χ2n) is 5.83. The van der Waals surface area contributed by atoms with E-state index in [-0.39, 0.29) is 11.9 Å². The van der Waals surface area contributed by atoms with Gasteiger partial charge in [0.25, 0.3) is 0 Å². The molecule has 0 bridgehead atoms. The molecule has 1 heterocycles. The second kappa shape index (κ2) is 7.66. The summed E-state index contributed by atoms with van der Waals surface area (Å²) in [5.74, 6) is 0.107. The molecule has 1 N–H and O–H groups in total. The molecule has 0 spiro atoms. The fourth-order valence-electron chi connectivity index (χ4n) is 3.03. The molecule has 120 valence electrons.